The molecule has 22 heavy (non-hydrogen) atoms. The normalized spacial score (nSPS) is 11.6. The van der Waals surface area contributed by atoms with Crippen molar-refractivity contribution in [3.8, 4) is 0 Å². The molecule has 2 nitrogen and oxygen atoms in total. The second-order valence-electron chi connectivity index (χ2n) is 6.59. The molecule has 0 saturated carbocycles. The summed E-state index contributed by atoms with van der Waals surface area (Å²) in [6, 6.07) is 15.4. The Hall–Kier alpha value is -2.35. The minimum absolute atomic E-state index is 0.0827. The van der Waals surface area contributed by atoms with Crippen LogP contribution in [0.4, 0.5) is 5.69 Å². The monoisotopic (exact) mass is 293 g/mol. The van der Waals surface area contributed by atoms with Crippen molar-refractivity contribution in [2.45, 2.75) is 27.7 Å². The Morgan fingerprint density at radius 1 is 1.00 bits per heavy atom. The molecule has 0 unspecified atom stereocenters. The number of aryl methyl sites for hydroxylation is 1. The number of hydrogen-bond acceptors (Lipinski definition) is 1. The molecule has 2 aromatic rings. The highest BCUT2D eigenvalue weighted by Gasteiger charge is 2.07. The minimum Gasteiger partial charge on any atom is -0.322 e. The molecule has 0 fully saturated rings. The average molecular weight is 293 g/mol. The van der Waals surface area contributed by atoms with Crippen molar-refractivity contribution in [3.63, 3.8) is 0 Å². The summed E-state index contributed by atoms with van der Waals surface area (Å²) < 4.78 is 0. The van der Waals surface area contributed by atoms with Crippen molar-refractivity contribution in [1.82, 2.24) is 0 Å². The first-order valence-electron chi connectivity index (χ1n) is 7.51. The molecule has 2 heteroatoms. The smallest absolute Gasteiger partial charge is 0.255 e. The van der Waals surface area contributed by atoms with Crippen LogP contribution >= 0.6 is 0 Å². The van der Waals surface area contributed by atoms with Crippen LogP contribution in [0.25, 0.3) is 6.08 Å². The van der Waals surface area contributed by atoms with Gasteiger partial charge in [-0.3, -0.25) is 4.79 Å². The maximum Gasteiger partial charge on any atom is 0.255 e. The lowest BCUT2D eigenvalue weighted by atomic mass is 9.95. The van der Waals surface area contributed by atoms with E-state index in [2.05, 4.69) is 38.2 Å². The molecule has 0 aliphatic heterocycles. The van der Waals surface area contributed by atoms with Crippen LogP contribution in [0.2, 0.25) is 0 Å². The highest BCUT2D eigenvalue weighted by molar-refractivity contribution is 6.04. The predicted molar refractivity (Wildman–Crippen MR) is 94.1 cm³/mol. The van der Waals surface area contributed by atoms with Crippen molar-refractivity contribution < 1.29 is 4.79 Å². The zero-order chi connectivity index (χ0) is 16.2. The van der Waals surface area contributed by atoms with E-state index >= 15 is 0 Å². The molecule has 0 spiro atoms. The molecule has 1 amide bonds. The van der Waals surface area contributed by atoms with Gasteiger partial charge in [0.15, 0.2) is 0 Å². The third-order valence-corrected chi connectivity index (χ3v) is 3.34. The highest BCUT2D eigenvalue weighted by atomic mass is 16.1. The van der Waals surface area contributed by atoms with Crippen LogP contribution in [0, 0.1) is 12.3 Å². The van der Waals surface area contributed by atoms with E-state index in [1.807, 2.05) is 55.5 Å². The fourth-order valence-electron chi connectivity index (χ4n) is 2.00. The summed E-state index contributed by atoms with van der Waals surface area (Å²) in [4.78, 5) is 12.3. The van der Waals surface area contributed by atoms with Gasteiger partial charge in [0.05, 0.1) is 0 Å². The zero-order valence-electron chi connectivity index (χ0n) is 13.7. The van der Waals surface area contributed by atoms with Crippen molar-refractivity contribution in [1.29, 1.82) is 0 Å². The molecule has 0 radical (unpaired) electrons. The number of amides is 1. The van der Waals surface area contributed by atoms with Gasteiger partial charge in [-0.05, 0) is 41.7 Å². The molecule has 0 aliphatic rings. The van der Waals surface area contributed by atoms with Gasteiger partial charge in [-0.25, -0.2) is 0 Å². The van der Waals surface area contributed by atoms with Gasteiger partial charge in [0.1, 0.15) is 0 Å². The number of nitrogens with one attached hydrogen (secondary N) is 1. The number of carbonyl (C=O) groups is 1. The Morgan fingerprint density at radius 2 is 1.64 bits per heavy atom. The lowest BCUT2D eigenvalue weighted by Crippen LogP contribution is -2.12. The van der Waals surface area contributed by atoms with Crippen LogP contribution in [0.5, 0.6) is 0 Å². The molecule has 0 aliphatic carbocycles. The lowest BCUT2D eigenvalue weighted by molar-refractivity contribution is 0.102. The van der Waals surface area contributed by atoms with E-state index in [0.29, 0.717) is 5.56 Å². The van der Waals surface area contributed by atoms with Crippen LogP contribution in [0.1, 0.15) is 42.3 Å². The van der Waals surface area contributed by atoms with Gasteiger partial charge < -0.3 is 5.32 Å². The molecule has 0 atom stereocenters. The lowest BCUT2D eigenvalue weighted by Gasteiger charge is -2.11. The molecule has 0 bridgehead atoms. The second kappa shape index (κ2) is 6.61. The number of anilines is 1. The molecule has 0 aromatic heterocycles. The van der Waals surface area contributed by atoms with E-state index in [-0.39, 0.29) is 11.3 Å². The Balaban J connectivity index is 2.09. The zero-order valence-corrected chi connectivity index (χ0v) is 13.7. The van der Waals surface area contributed by atoms with E-state index in [1.54, 1.807) is 0 Å². The molecule has 2 aromatic carbocycles. The van der Waals surface area contributed by atoms with Crippen LogP contribution in [0.3, 0.4) is 0 Å². The Labute approximate surface area is 132 Å². The molecule has 2 rings (SSSR count). The van der Waals surface area contributed by atoms with E-state index in [9.17, 15) is 4.79 Å². The number of allylic oxidation sites excluding steroid dienone is 1. The van der Waals surface area contributed by atoms with E-state index in [1.165, 1.54) is 0 Å². The molecule has 1 N–H and O–H groups in total. The standard InChI is InChI=1S/C20H23NO/c1-15-7-5-6-8-18(15)21-19(22)17-11-9-16(10-12-17)13-14-20(2,3)4/h5-14H,1-4H3,(H,21,22)/b14-13+. The van der Waals surface area contributed by atoms with E-state index < -0.39 is 0 Å². The fourth-order valence-corrected chi connectivity index (χ4v) is 2.00. The number of benzene rings is 2. The topological polar surface area (TPSA) is 29.1 Å². The van der Waals surface area contributed by atoms with E-state index in [0.717, 1.165) is 16.8 Å². The first-order valence-corrected chi connectivity index (χ1v) is 7.51. The summed E-state index contributed by atoms with van der Waals surface area (Å²) in [5.41, 5.74) is 3.82. The van der Waals surface area contributed by atoms with Crippen molar-refractivity contribution >= 4 is 17.7 Å². The van der Waals surface area contributed by atoms with Crippen LogP contribution in [-0.4, -0.2) is 5.91 Å². The summed E-state index contributed by atoms with van der Waals surface area (Å²) in [7, 11) is 0. The molecular weight excluding hydrogens is 270 g/mol. The van der Waals surface area contributed by atoms with E-state index in [4.69, 9.17) is 0 Å². The Morgan fingerprint density at radius 3 is 2.23 bits per heavy atom. The quantitative estimate of drug-likeness (QED) is 0.816. The van der Waals surface area contributed by atoms with Gasteiger partial charge in [0.2, 0.25) is 0 Å². The summed E-state index contributed by atoms with van der Waals surface area (Å²) in [5, 5.41) is 2.95. The van der Waals surface area contributed by atoms with Gasteiger partial charge in [0, 0.05) is 11.3 Å². The van der Waals surface area contributed by atoms with Crippen LogP contribution in [0.15, 0.2) is 54.6 Å². The summed E-state index contributed by atoms with van der Waals surface area (Å²) in [6.07, 6.45) is 4.25. The number of para-hydroxylation sites is 1. The predicted octanol–water partition coefficient (Wildman–Crippen LogP) is 5.31. The molecule has 0 heterocycles. The van der Waals surface area contributed by atoms with Crippen molar-refractivity contribution in [2.24, 2.45) is 5.41 Å². The van der Waals surface area contributed by atoms with Crippen LogP contribution < -0.4 is 5.32 Å². The maximum absolute atomic E-state index is 12.3. The Kier molecular flexibility index (Phi) is 4.81. The summed E-state index contributed by atoms with van der Waals surface area (Å²) in [6.45, 7) is 8.46. The van der Waals surface area contributed by atoms with Gasteiger partial charge in [-0.1, -0.05) is 63.3 Å². The SMILES string of the molecule is Cc1ccccc1NC(=O)c1ccc(/C=C/C(C)(C)C)cc1. The third kappa shape index (κ3) is 4.59. The second-order valence-corrected chi connectivity index (χ2v) is 6.59. The maximum atomic E-state index is 12.3. The fraction of sp³-hybridized carbons (Fsp3) is 0.250. The summed E-state index contributed by atoms with van der Waals surface area (Å²) >= 11 is 0. The third-order valence-electron chi connectivity index (χ3n) is 3.34. The van der Waals surface area contributed by atoms with Gasteiger partial charge in [-0.15, -0.1) is 0 Å². The molecule has 114 valence electrons. The van der Waals surface area contributed by atoms with Gasteiger partial charge >= 0.3 is 0 Å². The number of carbonyl (C=O) groups excluding carboxylic acids is 1. The van der Waals surface area contributed by atoms with Gasteiger partial charge in [0.25, 0.3) is 5.91 Å². The first kappa shape index (κ1) is 16.0. The summed E-state index contributed by atoms with van der Waals surface area (Å²) in [5.74, 6) is -0.0827. The first-order chi connectivity index (χ1) is 10.3. The minimum atomic E-state index is -0.0827. The Bertz CT molecular complexity index is 676. The largest absolute Gasteiger partial charge is 0.322 e. The van der Waals surface area contributed by atoms with Gasteiger partial charge in [-0.2, -0.15) is 0 Å². The van der Waals surface area contributed by atoms with Crippen molar-refractivity contribution in [2.75, 3.05) is 5.32 Å². The highest BCUT2D eigenvalue weighted by Crippen LogP contribution is 2.18. The molecular formula is C20H23NO. The van der Waals surface area contributed by atoms with Crippen molar-refractivity contribution in [3.05, 3.63) is 71.3 Å². The number of rotatable bonds is 3. The molecule has 0 saturated heterocycles. The average Bonchev–Trinajstić information content (AvgIpc) is 2.47. The number of hydrogen-bond donors (Lipinski definition) is 1. The van der Waals surface area contributed by atoms with Crippen LogP contribution in [-0.2, 0) is 0 Å².